The predicted molar refractivity (Wildman–Crippen MR) is 119 cm³/mol. The van der Waals surface area contributed by atoms with Crippen LogP contribution in [0.15, 0.2) is 72.8 Å². The lowest BCUT2D eigenvalue weighted by molar-refractivity contribution is 0.415. The molecule has 5 aromatic carbocycles. The van der Waals surface area contributed by atoms with Gasteiger partial charge in [-0.1, -0.05) is 30.3 Å². The van der Waals surface area contributed by atoms with Crippen LogP contribution in [-0.4, -0.2) is 7.11 Å². The third kappa shape index (κ3) is 3.30. The molecular formula is C27H15F5O. The predicted octanol–water partition coefficient (Wildman–Crippen LogP) is 8.03. The maximum absolute atomic E-state index is 15.3. The van der Waals surface area contributed by atoms with E-state index in [-0.39, 0.29) is 32.8 Å². The van der Waals surface area contributed by atoms with E-state index in [0.717, 1.165) is 24.3 Å². The second-order valence-electron chi connectivity index (χ2n) is 7.55. The third-order valence-electron chi connectivity index (χ3n) is 5.72. The van der Waals surface area contributed by atoms with Crippen molar-refractivity contribution >= 4 is 21.5 Å². The molecule has 0 saturated heterocycles. The van der Waals surface area contributed by atoms with E-state index in [0.29, 0.717) is 16.7 Å². The van der Waals surface area contributed by atoms with Crippen LogP contribution in [-0.2, 0) is 0 Å². The van der Waals surface area contributed by atoms with Crippen molar-refractivity contribution in [3.63, 3.8) is 0 Å². The highest BCUT2D eigenvalue weighted by molar-refractivity contribution is 6.21. The van der Waals surface area contributed by atoms with Gasteiger partial charge in [0.15, 0.2) is 11.6 Å². The smallest absolute Gasteiger partial charge is 0.159 e. The standard InChI is InChI=1S/C27H15F5O/c1-33-16-8-5-14(6-9-16)23-17-3-2-4-19(29)25(17)24(15-7-10-18(28)22(32)13-15)27-21(31)12-11-20(30)26(23)27/h2-13H,1H3. The van der Waals surface area contributed by atoms with Crippen LogP contribution in [0.4, 0.5) is 22.0 Å². The van der Waals surface area contributed by atoms with Crippen LogP contribution in [0.25, 0.3) is 43.8 Å². The molecule has 0 N–H and O–H groups in total. The van der Waals surface area contributed by atoms with E-state index in [1.807, 2.05) is 0 Å². The molecule has 0 aliphatic heterocycles. The number of fused-ring (bicyclic) bond motifs is 2. The molecule has 164 valence electrons. The molecule has 0 amide bonds. The van der Waals surface area contributed by atoms with Crippen LogP contribution in [0, 0.1) is 29.1 Å². The fraction of sp³-hybridized carbons (Fsp3) is 0.0370. The monoisotopic (exact) mass is 450 g/mol. The highest BCUT2D eigenvalue weighted by Crippen LogP contribution is 2.46. The lowest BCUT2D eigenvalue weighted by atomic mass is 9.85. The van der Waals surface area contributed by atoms with Gasteiger partial charge in [-0.05, 0) is 59.0 Å². The molecule has 0 aromatic heterocycles. The minimum Gasteiger partial charge on any atom is -0.497 e. The number of ether oxygens (including phenoxy) is 1. The summed E-state index contributed by atoms with van der Waals surface area (Å²) in [5, 5.41) is -0.0225. The quantitative estimate of drug-likeness (QED) is 0.200. The third-order valence-corrected chi connectivity index (χ3v) is 5.72. The molecule has 0 radical (unpaired) electrons. The van der Waals surface area contributed by atoms with Gasteiger partial charge in [0, 0.05) is 27.3 Å². The fourth-order valence-electron chi connectivity index (χ4n) is 4.28. The molecule has 33 heavy (non-hydrogen) atoms. The average Bonchev–Trinajstić information content (AvgIpc) is 2.82. The zero-order chi connectivity index (χ0) is 23.3. The summed E-state index contributed by atoms with van der Waals surface area (Å²) >= 11 is 0. The molecule has 0 saturated carbocycles. The van der Waals surface area contributed by atoms with Gasteiger partial charge in [-0.25, -0.2) is 22.0 Å². The van der Waals surface area contributed by atoms with Gasteiger partial charge in [0.2, 0.25) is 0 Å². The highest BCUT2D eigenvalue weighted by atomic mass is 19.2. The first-order valence-corrected chi connectivity index (χ1v) is 10.0. The maximum atomic E-state index is 15.3. The van der Waals surface area contributed by atoms with Gasteiger partial charge in [-0.2, -0.15) is 0 Å². The molecule has 0 aliphatic rings. The number of hydrogen-bond donors (Lipinski definition) is 0. The summed E-state index contributed by atoms with van der Waals surface area (Å²) in [5.41, 5.74) is 0.772. The minimum absolute atomic E-state index is 0.0219. The number of halogens is 5. The molecule has 0 bridgehead atoms. The second-order valence-corrected chi connectivity index (χ2v) is 7.55. The Morgan fingerprint density at radius 1 is 0.515 bits per heavy atom. The summed E-state index contributed by atoms with van der Waals surface area (Å²) in [6.45, 7) is 0. The molecular weight excluding hydrogens is 435 g/mol. The Morgan fingerprint density at radius 2 is 1.09 bits per heavy atom. The van der Waals surface area contributed by atoms with E-state index in [1.54, 1.807) is 30.3 Å². The van der Waals surface area contributed by atoms with Crippen molar-refractivity contribution < 1.29 is 26.7 Å². The minimum atomic E-state index is -1.18. The Bertz CT molecular complexity index is 1540. The number of methoxy groups -OCH3 is 1. The lowest BCUT2D eigenvalue weighted by Gasteiger charge is -2.19. The molecule has 1 nitrogen and oxygen atoms in total. The van der Waals surface area contributed by atoms with E-state index in [2.05, 4.69) is 0 Å². The van der Waals surface area contributed by atoms with Crippen molar-refractivity contribution in [2.24, 2.45) is 0 Å². The maximum Gasteiger partial charge on any atom is 0.159 e. The zero-order valence-corrected chi connectivity index (χ0v) is 17.2. The van der Waals surface area contributed by atoms with Crippen LogP contribution in [0.1, 0.15) is 0 Å². The topological polar surface area (TPSA) is 9.23 Å². The lowest BCUT2D eigenvalue weighted by Crippen LogP contribution is -1.98. The molecule has 5 rings (SSSR count). The van der Waals surface area contributed by atoms with Crippen LogP contribution >= 0.6 is 0 Å². The van der Waals surface area contributed by atoms with E-state index < -0.39 is 29.1 Å². The van der Waals surface area contributed by atoms with Crippen molar-refractivity contribution in [2.75, 3.05) is 7.11 Å². The van der Waals surface area contributed by atoms with Crippen molar-refractivity contribution in [1.29, 1.82) is 0 Å². The summed E-state index contributed by atoms with van der Waals surface area (Å²) in [4.78, 5) is 0. The Hall–Kier alpha value is -3.93. The number of hydrogen-bond acceptors (Lipinski definition) is 1. The van der Waals surface area contributed by atoms with E-state index in [1.165, 1.54) is 25.3 Å². The van der Waals surface area contributed by atoms with Gasteiger partial charge in [-0.3, -0.25) is 0 Å². The molecule has 0 unspecified atom stereocenters. The van der Waals surface area contributed by atoms with Gasteiger partial charge in [0.05, 0.1) is 7.11 Å². The highest BCUT2D eigenvalue weighted by Gasteiger charge is 2.24. The molecule has 0 heterocycles. The summed E-state index contributed by atoms with van der Waals surface area (Å²) in [6.07, 6.45) is 0. The first-order valence-electron chi connectivity index (χ1n) is 10.0. The number of rotatable bonds is 3. The second kappa shape index (κ2) is 7.89. The van der Waals surface area contributed by atoms with Crippen molar-refractivity contribution in [3.05, 3.63) is 102 Å². The zero-order valence-electron chi connectivity index (χ0n) is 17.2. The van der Waals surface area contributed by atoms with Crippen LogP contribution in [0.5, 0.6) is 5.75 Å². The Morgan fingerprint density at radius 3 is 1.73 bits per heavy atom. The Kier molecular flexibility index (Phi) is 5.01. The Labute approximate surface area is 185 Å². The molecule has 0 atom stereocenters. The largest absolute Gasteiger partial charge is 0.497 e. The first kappa shape index (κ1) is 20.9. The normalized spacial score (nSPS) is 11.3. The fourth-order valence-corrected chi connectivity index (χ4v) is 4.28. The van der Waals surface area contributed by atoms with Gasteiger partial charge in [0.1, 0.15) is 23.2 Å². The summed E-state index contributed by atoms with van der Waals surface area (Å²) in [6, 6.07) is 15.8. The summed E-state index contributed by atoms with van der Waals surface area (Å²) < 4.78 is 78.8. The van der Waals surface area contributed by atoms with Crippen LogP contribution < -0.4 is 4.74 Å². The van der Waals surface area contributed by atoms with Crippen LogP contribution in [0.3, 0.4) is 0 Å². The van der Waals surface area contributed by atoms with Gasteiger partial charge in [0.25, 0.3) is 0 Å². The average molecular weight is 450 g/mol. The van der Waals surface area contributed by atoms with E-state index in [4.69, 9.17) is 4.74 Å². The van der Waals surface area contributed by atoms with Crippen molar-refractivity contribution in [2.45, 2.75) is 0 Å². The number of benzene rings is 5. The molecule has 6 heteroatoms. The summed E-state index contributed by atoms with van der Waals surface area (Å²) in [5.74, 6) is -3.97. The van der Waals surface area contributed by atoms with Crippen molar-refractivity contribution in [3.8, 4) is 28.0 Å². The van der Waals surface area contributed by atoms with Crippen molar-refractivity contribution in [1.82, 2.24) is 0 Å². The first-order chi connectivity index (χ1) is 15.9. The molecule has 0 fully saturated rings. The van der Waals surface area contributed by atoms with E-state index >= 15 is 13.2 Å². The van der Waals surface area contributed by atoms with Crippen LogP contribution in [0.2, 0.25) is 0 Å². The van der Waals surface area contributed by atoms with Gasteiger partial charge < -0.3 is 4.74 Å². The Balaban J connectivity index is 2.04. The SMILES string of the molecule is COc1ccc(-c2c3cccc(F)c3c(-c3ccc(F)c(F)c3)c3c(F)ccc(F)c23)cc1. The van der Waals surface area contributed by atoms with Gasteiger partial charge >= 0.3 is 0 Å². The molecule has 0 aliphatic carbocycles. The van der Waals surface area contributed by atoms with E-state index in [9.17, 15) is 8.78 Å². The molecule has 5 aromatic rings. The van der Waals surface area contributed by atoms with Gasteiger partial charge in [-0.15, -0.1) is 0 Å². The summed E-state index contributed by atoms with van der Waals surface area (Å²) in [7, 11) is 1.50. The molecule has 0 spiro atoms.